The van der Waals surface area contributed by atoms with Gasteiger partial charge in [0.2, 0.25) is 0 Å². The SMILES string of the molecule is O=[N+]([O-])c1ccc(CC(O)c2ccsc2)cc1. The van der Waals surface area contributed by atoms with Gasteiger partial charge in [-0.15, -0.1) is 0 Å². The summed E-state index contributed by atoms with van der Waals surface area (Å²) in [6.07, 6.45) is -0.0861. The first-order valence-corrected chi connectivity index (χ1v) is 6.04. The van der Waals surface area contributed by atoms with Crippen molar-refractivity contribution in [1.29, 1.82) is 0 Å². The molecule has 88 valence electrons. The third kappa shape index (κ3) is 2.89. The van der Waals surface area contributed by atoms with Crippen molar-refractivity contribution in [3.8, 4) is 0 Å². The number of aliphatic hydroxyl groups is 1. The van der Waals surface area contributed by atoms with Gasteiger partial charge in [-0.25, -0.2) is 0 Å². The Morgan fingerprint density at radius 2 is 2.00 bits per heavy atom. The second-order valence-electron chi connectivity index (χ2n) is 3.70. The first-order chi connectivity index (χ1) is 8.16. The summed E-state index contributed by atoms with van der Waals surface area (Å²) >= 11 is 1.54. The zero-order valence-corrected chi connectivity index (χ0v) is 9.76. The molecule has 17 heavy (non-hydrogen) atoms. The van der Waals surface area contributed by atoms with Gasteiger partial charge in [-0.2, -0.15) is 11.3 Å². The maximum absolute atomic E-state index is 10.5. The van der Waals surface area contributed by atoms with Crippen molar-refractivity contribution in [2.24, 2.45) is 0 Å². The number of non-ortho nitro benzene ring substituents is 1. The molecule has 2 rings (SSSR count). The molecule has 4 nitrogen and oxygen atoms in total. The van der Waals surface area contributed by atoms with Crippen LogP contribution in [-0.4, -0.2) is 10.0 Å². The molecule has 1 heterocycles. The van der Waals surface area contributed by atoms with Crippen LogP contribution in [-0.2, 0) is 6.42 Å². The Balaban J connectivity index is 2.06. The highest BCUT2D eigenvalue weighted by atomic mass is 32.1. The lowest BCUT2D eigenvalue weighted by Crippen LogP contribution is -2.00. The summed E-state index contributed by atoms with van der Waals surface area (Å²) in [4.78, 5) is 10.0. The zero-order valence-electron chi connectivity index (χ0n) is 8.95. The van der Waals surface area contributed by atoms with Gasteiger partial charge in [-0.05, 0) is 28.0 Å². The van der Waals surface area contributed by atoms with Crippen molar-refractivity contribution in [2.75, 3.05) is 0 Å². The van der Waals surface area contributed by atoms with Crippen LogP contribution in [0, 0.1) is 10.1 Å². The molecule has 0 aliphatic rings. The normalized spacial score (nSPS) is 12.3. The van der Waals surface area contributed by atoms with Gasteiger partial charge in [0.25, 0.3) is 5.69 Å². The summed E-state index contributed by atoms with van der Waals surface area (Å²) in [5.74, 6) is 0. The van der Waals surface area contributed by atoms with Gasteiger partial charge in [0, 0.05) is 18.6 Å². The Labute approximate surface area is 102 Å². The lowest BCUT2D eigenvalue weighted by atomic mass is 10.0. The number of nitrogens with zero attached hydrogens (tertiary/aromatic N) is 1. The van der Waals surface area contributed by atoms with E-state index in [-0.39, 0.29) is 5.69 Å². The van der Waals surface area contributed by atoms with Gasteiger partial charge in [0.15, 0.2) is 0 Å². The molecule has 0 saturated carbocycles. The van der Waals surface area contributed by atoms with Crippen molar-refractivity contribution in [2.45, 2.75) is 12.5 Å². The fourth-order valence-electron chi connectivity index (χ4n) is 1.56. The third-order valence-corrected chi connectivity index (χ3v) is 3.21. The molecule has 0 saturated heterocycles. The summed E-state index contributed by atoms with van der Waals surface area (Å²) in [6, 6.07) is 8.13. The van der Waals surface area contributed by atoms with Crippen LogP contribution >= 0.6 is 11.3 Å². The van der Waals surface area contributed by atoms with Crippen LogP contribution in [0.4, 0.5) is 5.69 Å². The second-order valence-corrected chi connectivity index (χ2v) is 4.48. The average molecular weight is 249 g/mol. The monoisotopic (exact) mass is 249 g/mol. The van der Waals surface area contributed by atoms with Gasteiger partial charge >= 0.3 is 0 Å². The van der Waals surface area contributed by atoms with E-state index in [4.69, 9.17) is 0 Å². The summed E-state index contributed by atoms with van der Waals surface area (Å²) in [6.45, 7) is 0. The largest absolute Gasteiger partial charge is 0.388 e. The number of aliphatic hydroxyl groups excluding tert-OH is 1. The van der Waals surface area contributed by atoms with Gasteiger partial charge < -0.3 is 5.11 Å². The Hall–Kier alpha value is -1.72. The number of benzene rings is 1. The molecule has 1 atom stereocenters. The van der Waals surface area contributed by atoms with E-state index < -0.39 is 11.0 Å². The highest BCUT2D eigenvalue weighted by molar-refractivity contribution is 7.07. The highest BCUT2D eigenvalue weighted by Gasteiger charge is 2.10. The molecular formula is C12H11NO3S. The van der Waals surface area contributed by atoms with E-state index in [9.17, 15) is 15.2 Å². The van der Waals surface area contributed by atoms with Gasteiger partial charge in [0.1, 0.15) is 0 Å². The standard InChI is InChI=1S/C12H11NO3S/c14-12(10-5-6-17-8-10)7-9-1-3-11(4-2-9)13(15)16/h1-6,8,12,14H,7H2. The smallest absolute Gasteiger partial charge is 0.269 e. The van der Waals surface area contributed by atoms with Crippen LogP contribution in [0.15, 0.2) is 41.1 Å². The van der Waals surface area contributed by atoms with E-state index in [2.05, 4.69) is 0 Å². The molecule has 0 aliphatic heterocycles. The second kappa shape index (κ2) is 5.07. The van der Waals surface area contributed by atoms with Crippen molar-refractivity contribution in [1.82, 2.24) is 0 Å². The predicted molar refractivity (Wildman–Crippen MR) is 66.1 cm³/mol. The van der Waals surface area contributed by atoms with Gasteiger partial charge in [0.05, 0.1) is 11.0 Å². The molecule has 2 aromatic rings. The Kier molecular flexibility index (Phi) is 3.51. The highest BCUT2D eigenvalue weighted by Crippen LogP contribution is 2.21. The summed E-state index contributed by atoms with van der Waals surface area (Å²) in [7, 11) is 0. The van der Waals surface area contributed by atoms with E-state index in [1.54, 1.807) is 12.1 Å². The van der Waals surface area contributed by atoms with E-state index in [1.165, 1.54) is 23.5 Å². The number of hydrogen-bond acceptors (Lipinski definition) is 4. The topological polar surface area (TPSA) is 63.4 Å². The Morgan fingerprint density at radius 3 is 2.53 bits per heavy atom. The molecule has 1 aromatic carbocycles. The molecule has 1 N–H and O–H groups in total. The third-order valence-electron chi connectivity index (χ3n) is 2.50. The predicted octanol–water partition coefficient (Wildman–Crippen LogP) is 2.93. The van der Waals surface area contributed by atoms with Crippen LogP contribution in [0.5, 0.6) is 0 Å². The van der Waals surface area contributed by atoms with Crippen molar-refractivity contribution in [3.63, 3.8) is 0 Å². The van der Waals surface area contributed by atoms with E-state index >= 15 is 0 Å². The number of rotatable bonds is 4. The fourth-order valence-corrected chi connectivity index (χ4v) is 2.27. The van der Waals surface area contributed by atoms with E-state index in [0.29, 0.717) is 6.42 Å². The van der Waals surface area contributed by atoms with Crippen LogP contribution < -0.4 is 0 Å². The first kappa shape index (κ1) is 11.8. The molecule has 0 fully saturated rings. The van der Waals surface area contributed by atoms with E-state index in [0.717, 1.165) is 11.1 Å². The van der Waals surface area contributed by atoms with Crippen molar-refractivity contribution in [3.05, 3.63) is 62.3 Å². The van der Waals surface area contributed by atoms with Crippen LogP contribution in [0.3, 0.4) is 0 Å². The number of nitro groups is 1. The number of nitro benzene ring substituents is 1. The van der Waals surface area contributed by atoms with Crippen LogP contribution in [0.2, 0.25) is 0 Å². The minimum absolute atomic E-state index is 0.0683. The Bertz CT molecular complexity index is 493. The maximum Gasteiger partial charge on any atom is 0.269 e. The summed E-state index contributed by atoms with van der Waals surface area (Å²) in [5, 5.41) is 24.2. The van der Waals surface area contributed by atoms with Crippen LogP contribution in [0.25, 0.3) is 0 Å². The Morgan fingerprint density at radius 1 is 1.29 bits per heavy atom. The average Bonchev–Trinajstić information content (AvgIpc) is 2.83. The molecule has 1 unspecified atom stereocenters. The molecular weight excluding hydrogens is 238 g/mol. The number of thiophene rings is 1. The minimum Gasteiger partial charge on any atom is -0.388 e. The van der Waals surface area contributed by atoms with Gasteiger partial charge in [-0.3, -0.25) is 10.1 Å². The summed E-state index contributed by atoms with van der Waals surface area (Å²) < 4.78 is 0. The molecule has 0 spiro atoms. The lowest BCUT2D eigenvalue weighted by molar-refractivity contribution is -0.384. The van der Waals surface area contributed by atoms with Crippen LogP contribution in [0.1, 0.15) is 17.2 Å². The number of hydrogen-bond donors (Lipinski definition) is 1. The van der Waals surface area contributed by atoms with Crippen molar-refractivity contribution >= 4 is 17.0 Å². The maximum atomic E-state index is 10.5. The molecule has 0 amide bonds. The minimum atomic E-state index is -0.553. The van der Waals surface area contributed by atoms with Crippen molar-refractivity contribution < 1.29 is 10.0 Å². The fraction of sp³-hybridized carbons (Fsp3) is 0.167. The first-order valence-electron chi connectivity index (χ1n) is 5.10. The summed E-state index contributed by atoms with van der Waals surface area (Å²) in [5.41, 5.74) is 1.83. The molecule has 0 radical (unpaired) electrons. The molecule has 5 heteroatoms. The van der Waals surface area contributed by atoms with E-state index in [1.807, 2.05) is 16.8 Å². The van der Waals surface area contributed by atoms with Gasteiger partial charge in [-0.1, -0.05) is 12.1 Å². The quantitative estimate of drug-likeness (QED) is 0.669. The zero-order chi connectivity index (χ0) is 12.3. The molecule has 1 aromatic heterocycles. The molecule has 0 bridgehead atoms. The lowest BCUT2D eigenvalue weighted by Gasteiger charge is -2.08. The molecule has 0 aliphatic carbocycles.